The highest BCUT2D eigenvalue weighted by molar-refractivity contribution is 9.10. The van der Waals surface area contributed by atoms with E-state index in [1.807, 2.05) is 38.1 Å². The molecule has 90 valence electrons. The van der Waals surface area contributed by atoms with Crippen molar-refractivity contribution in [3.63, 3.8) is 0 Å². The van der Waals surface area contributed by atoms with Gasteiger partial charge in [0.05, 0.1) is 0 Å². The Kier molecular flexibility index (Phi) is 4.08. The molecule has 1 nitrogen and oxygen atoms in total. The Morgan fingerprint density at radius 1 is 1.12 bits per heavy atom. The van der Waals surface area contributed by atoms with Gasteiger partial charge >= 0.3 is 0 Å². The molecule has 1 N–H and O–H groups in total. The molecule has 1 aromatic heterocycles. The van der Waals surface area contributed by atoms with Crippen molar-refractivity contribution < 1.29 is 5.11 Å². The zero-order valence-electron chi connectivity index (χ0n) is 9.50. The lowest BCUT2D eigenvalue weighted by Crippen LogP contribution is -1.97. The van der Waals surface area contributed by atoms with Crippen LogP contribution in [0.1, 0.15) is 27.0 Å². The van der Waals surface area contributed by atoms with Gasteiger partial charge in [-0.15, -0.1) is 11.3 Å². The average molecular weight is 376 g/mol. The lowest BCUT2D eigenvalue weighted by atomic mass is 10.1. The number of rotatable bonds is 2. The van der Waals surface area contributed by atoms with Gasteiger partial charge in [0.15, 0.2) is 0 Å². The van der Waals surface area contributed by atoms with E-state index in [-0.39, 0.29) is 0 Å². The molecular weight excluding hydrogens is 364 g/mol. The van der Waals surface area contributed by atoms with Crippen LogP contribution < -0.4 is 0 Å². The number of aryl methyl sites for hydroxylation is 2. The smallest absolute Gasteiger partial charge is 0.113 e. The highest BCUT2D eigenvalue weighted by Gasteiger charge is 2.15. The first-order chi connectivity index (χ1) is 7.99. The standard InChI is InChI=1S/C13H12Br2OS/c1-7-3-4-9(5-10(7)14)13(16)12-6-11(15)8(2)17-12/h3-6,13,16H,1-2H3. The number of aliphatic hydroxyl groups excluding tert-OH is 1. The molecule has 0 aliphatic carbocycles. The largest absolute Gasteiger partial charge is 0.383 e. The lowest BCUT2D eigenvalue weighted by Gasteiger charge is -2.10. The minimum Gasteiger partial charge on any atom is -0.383 e. The van der Waals surface area contributed by atoms with E-state index in [0.717, 1.165) is 19.4 Å². The van der Waals surface area contributed by atoms with E-state index < -0.39 is 6.10 Å². The minimum absolute atomic E-state index is 0.554. The van der Waals surface area contributed by atoms with Crippen LogP contribution in [0, 0.1) is 13.8 Å². The second-order valence-corrected chi connectivity index (χ2v) is 6.96. The van der Waals surface area contributed by atoms with E-state index in [1.54, 1.807) is 11.3 Å². The Bertz CT molecular complexity index is 529. The zero-order chi connectivity index (χ0) is 12.6. The molecule has 0 saturated heterocycles. The summed E-state index contributed by atoms with van der Waals surface area (Å²) in [5, 5.41) is 10.3. The molecule has 4 heteroatoms. The summed E-state index contributed by atoms with van der Waals surface area (Å²) in [5.41, 5.74) is 2.08. The molecule has 0 aliphatic heterocycles. The Balaban J connectivity index is 2.36. The summed E-state index contributed by atoms with van der Waals surface area (Å²) in [4.78, 5) is 2.15. The monoisotopic (exact) mass is 374 g/mol. The molecule has 1 unspecified atom stereocenters. The maximum Gasteiger partial charge on any atom is 0.113 e. The molecular formula is C13H12Br2OS. The molecule has 0 bridgehead atoms. The lowest BCUT2D eigenvalue weighted by molar-refractivity contribution is 0.224. The molecule has 0 amide bonds. The summed E-state index contributed by atoms with van der Waals surface area (Å²) in [6.07, 6.45) is -0.554. The quantitative estimate of drug-likeness (QED) is 0.785. The molecule has 0 fully saturated rings. The van der Waals surface area contributed by atoms with E-state index >= 15 is 0 Å². The number of hydrogen-bond donors (Lipinski definition) is 1. The molecule has 0 aliphatic rings. The first kappa shape index (κ1) is 13.3. The van der Waals surface area contributed by atoms with Crippen molar-refractivity contribution in [2.45, 2.75) is 20.0 Å². The van der Waals surface area contributed by atoms with Crippen molar-refractivity contribution in [2.24, 2.45) is 0 Å². The van der Waals surface area contributed by atoms with Gasteiger partial charge in [0.1, 0.15) is 6.10 Å². The maximum atomic E-state index is 10.3. The van der Waals surface area contributed by atoms with Gasteiger partial charge in [-0.2, -0.15) is 0 Å². The van der Waals surface area contributed by atoms with Crippen molar-refractivity contribution in [1.29, 1.82) is 0 Å². The number of aliphatic hydroxyl groups is 1. The third-order valence-corrected chi connectivity index (χ3v) is 5.70. The molecule has 2 aromatic rings. The van der Waals surface area contributed by atoms with Crippen LogP contribution in [-0.2, 0) is 0 Å². The van der Waals surface area contributed by atoms with Gasteiger partial charge in [0, 0.05) is 18.7 Å². The summed E-state index contributed by atoms with van der Waals surface area (Å²) >= 11 is 8.58. The van der Waals surface area contributed by atoms with Crippen LogP contribution in [0.4, 0.5) is 0 Å². The van der Waals surface area contributed by atoms with Gasteiger partial charge in [0.25, 0.3) is 0 Å². The minimum atomic E-state index is -0.554. The van der Waals surface area contributed by atoms with Crippen molar-refractivity contribution in [3.05, 3.63) is 54.1 Å². The number of halogens is 2. The fraction of sp³-hybridized carbons (Fsp3) is 0.231. The van der Waals surface area contributed by atoms with E-state index in [9.17, 15) is 5.11 Å². The Morgan fingerprint density at radius 2 is 1.82 bits per heavy atom. The molecule has 0 saturated carbocycles. The molecule has 2 rings (SSSR count). The number of thiophene rings is 1. The third-order valence-electron chi connectivity index (χ3n) is 2.66. The van der Waals surface area contributed by atoms with Crippen LogP contribution in [-0.4, -0.2) is 5.11 Å². The van der Waals surface area contributed by atoms with Gasteiger partial charge in [-0.1, -0.05) is 28.1 Å². The number of hydrogen-bond acceptors (Lipinski definition) is 2. The normalized spacial score (nSPS) is 12.8. The summed E-state index contributed by atoms with van der Waals surface area (Å²) in [6, 6.07) is 7.94. The van der Waals surface area contributed by atoms with Crippen molar-refractivity contribution in [2.75, 3.05) is 0 Å². The van der Waals surface area contributed by atoms with Crippen molar-refractivity contribution >= 4 is 43.2 Å². The van der Waals surface area contributed by atoms with Gasteiger partial charge in [-0.05, 0) is 53.0 Å². The molecule has 17 heavy (non-hydrogen) atoms. The highest BCUT2D eigenvalue weighted by Crippen LogP contribution is 2.34. The van der Waals surface area contributed by atoms with Crippen LogP contribution in [0.25, 0.3) is 0 Å². The van der Waals surface area contributed by atoms with Gasteiger partial charge in [-0.3, -0.25) is 0 Å². The SMILES string of the molecule is Cc1ccc(C(O)c2cc(Br)c(C)s2)cc1Br. The Labute approximate surface area is 122 Å². The average Bonchev–Trinajstić information content (AvgIpc) is 2.62. The Hall–Kier alpha value is -0.160. The second-order valence-electron chi connectivity index (χ2n) is 3.96. The fourth-order valence-corrected chi connectivity index (χ4v) is 3.53. The molecule has 0 radical (unpaired) electrons. The molecule has 1 heterocycles. The van der Waals surface area contributed by atoms with Crippen LogP contribution in [0.15, 0.2) is 33.2 Å². The predicted octanol–water partition coefficient (Wildman–Crippen LogP) is 4.97. The number of benzene rings is 1. The van der Waals surface area contributed by atoms with Crippen LogP contribution in [0.5, 0.6) is 0 Å². The van der Waals surface area contributed by atoms with Gasteiger partial charge in [-0.25, -0.2) is 0 Å². The van der Waals surface area contributed by atoms with Gasteiger partial charge < -0.3 is 5.11 Å². The van der Waals surface area contributed by atoms with E-state index in [0.29, 0.717) is 0 Å². The van der Waals surface area contributed by atoms with E-state index in [1.165, 1.54) is 10.4 Å². The predicted molar refractivity (Wildman–Crippen MR) is 79.7 cm³/mol. The third kappa shape index (κ3) is 2.81. The van der Waals surface area contributed by atoms with Gasteiger partial charge in [0.2, 0.25) is 0 Å². The van der Waals surface area contributed by atoms with Crippen molar-refractivity contribution in [3.8, 4) is 0 Å². The van der Waals surface area contributed by atoms with E-state index in [4.69, 9.17) is 0 Å². The van der Waals surface area contributed by atoms with Crippen LogP contribution >= 0.6 is 43.2 Å². The summed E-state index contributed by atoms with van der Waals surface area (Å²) < 4.78 is 2.09. The highest BCUT2D eigenvalue weighted by atomic mass is 79.9. The second kappa shape index (κ2) is 5.22. The first-order valence-corrected chi connectivity index (χ1v) is 7.59. The van der Waals surface area contributed by atoms with E-state index in [2.05, 4.69) is 31.9 Å². The topological polar surface area (TPSA) is 20.2 Å². The molecule has 0 spiro atoms. The maximum absolute atomic E-state index is 10.3. The van der Waals surface area contributed by atoms with Crippen LogP contribution in [0.2, 0.25) is 0 Å². The zero-order valence-corrected chi connectivity index (χ0v) is 13.5. The molecule has 1 atom stereocenters. The Morgan fingerprint density at radius 3 is 2.35 bits per heavy atom. The summed E-state index contributed by atoms with van der Waals surface area (Å²) in [5.74, 6) is 0. The van der Waals surface area contributed by atoms with Crippen LogP contribution in [0.3, 0.4) is 0 Å². The van der Waals surface area contributed by atoms with Crippen molar-refractivity contribution in [1.82, 2.24) is 0 Å². The first-order valence-electron chi connectivity index (χ1n) is 5.19. The molecule has 1 aromatic carbocycles. The fourth-order valence-electron chi connectivity index (χ4n) is 1.56. The summed E-state index contributed by atoms with van der Waals surface area (Å²) in [7, 11) is 0. The summed E-state index contributed by atoms with van der Waals surface area (Å²) in [6.45, 7) is 4.07.